The number of aromatic nitrogens is 2. The zero-order chi connectivity index (χ0) is 18.7. The van der Waals surface area contributed by atoms with Crippen LogP contribution in [0.15, 0.2) is 47.6 Å². The van der Waals surface area contributed by atoms with Crippen molar-refractivity contribution in [1.29, 1.82) is 0 Å². The minimum Gasteiger partial charge on any atom is -0.495 e. The van der Waals surface area contributed by atoms with Crippen LogP contribution in [-0.2, 0) is 4.79 Å². The van der Waals surface area contributed by atoms with Gasteiger partial charge in [0.05, 0.1) is 28.9 Å². The van der Waals surface area contributed by atoms with Crippen molar-refractivity contribution < 1.29 is 18.3 Å². The number of carbonyl (C=O) groups excluding carboxylic acids is 1. The first-order valence-corrected chi connectivity index (χ1v) is 8.87. The number of amides is 1. The number of ether oxygens (including phenoxy) is 1. The van der Waals surface area contributed by atoms with Crippen LogP contribution in [0.25, 0.3) is 11.0 Å². The highest BCUT2D eigenvalue weighted by Gasteiger charge is 2.18. The highest BCUT2D eigenvalue weighted by molar-refractivity contribution is 7.99. The van der Waals surface area contributed by atoms with Crippen molar-refractivity contribution in [3.05, 3.63) is 47.5 Å². The van der Waals surface area contributed by atoms with Gasteiger partial charge >= 0.3 is 6.55 Å². The Bertz CT molecular complexity index is 949. The molecule has 5 nitrogen and oxygen atoms in total. The van der Waals surface area contributed by atoms with E-state index in [0.717, 1.165) is 16.3 Å². The molecule has 2 aromatic carbocycles. The number of thioether (sulfide) groups is 1. The molecule has 9 heteroatoms. The van der Waals surface area contributed by atoms with E-state index in [1.165, 1.54) is 7.11 Å². The average molecular weight is 398 g/mol. The van der Waals surface area contributed by atoms with Crippen molar-refractivity contribution in [3.8, 4) is 5.75 Å². The summed E-state index contributed by atoms with van der Waals surface area (Å²) >= 11 is 6.95. The number of hydrogen-bond acceptors (Lipinski definition) is 4. The second-order valence-corrected chi connectivity index (χ2v) is 6.57. The quantitative estimate of drug-likeness (QED) is 0.605. The summed E-state index contributed by atoms with van der Waals surface area (Å²) < 4.78 is 32.6. The number of hydrogen-bond donors (Lipinski definition) is 1. The standard InChI is InChI=1S/C17H14ClF2N3O2S/c1-25-14-7-6-10(8-11(14)18)21-15(24)9-26-17-22-12-4-2-3-5-13(12)23(17)16(19)20/h2-8,16H,9H2,1H3,(H,21,24). The Balaban J connectivity index is 1.71. The largest absolute Gasteiger partial charge is 0.495 e. The number of nitrogens with zero attached hydrogens (tertiary/aromatic N) is 2. The van der Waals surface area contributed by atoms with E-state index in [1.807, 2.05) is 0 Å². The maximum Gasteiger partial charge on any atom is 0.321 e. The van der Waals surface area contributed by atoms with Gasteiger partial charge in [-0.25, -0.2) is 4.98 Å². The van der Waals surface area contributed by atoms with Gasteiger partial charge in [-0.3, -0.25) is 9.36 Å². The van der Waals surface area contributed by atoms with Crippen molar-refractivity contribution >= 4 is 46.0 Å². The molecule has 0 fully saturated rings. The minimum atomic E-state index is -2.74. The van der Waals surface area contributed by atoms with Gasteiger partial charge in [0.25, 0.3) is 0 Å². The van der Waals surface area contributed by atoms with Crippen LogP contribution in [0, 0.1) is 0 Å². The Morgan fingerprint density at radius 1 is 1.35 bits per heavy atom. The van der Waals surface area contributed by atoms with E-state index < -0.39 is 6.55 Å². The third-order valence-electron chi connectivity index (χ3n) is 3.53. The zero-order valence-corrected chi connectivity index (χ0v) is 15.2. The maximum atomic E-state index is 13.4. The van der Waals surface area contributed by atoms with Gasteiger partial charge in [-0.1, -0.05) is 35.5 Å². The fraction of sp³-hybridized carbons (Fsp3) is 0.176. The number of halogens is 3. The van der Waals surface area contributed by atoms with Crippen molar-refractivity contribution in [2.45, 2.75) is 11.7 Å². The molecule has 0 aliphatic heterocycles. The van der Waals surface area contributed by atoms with Crippen molar-refractivity contribution in [2.75, 3.05) is 18.2 Å². The fourth-order valence-corrected chi connectivity index (χ4v) is 3.45. The first kappa shape index (κ1) is 18.5. The van der Waals surface area contributed by atoms with Crippen LogP contribution in [0.4, 0.5) is 14.5 Å². The van der Waals surface area contributed by atoms with Gasteiger partial charge in [0.1, 0.15) is 5.75 Å². The van der Waals surface area contributed by atoms with Gasteiger partial charge in [-0.05, 0) is 30.3 Å². The lowest BCUT2D eigenvalue weighted by molar-refractivity contribution is -0.113. The van der Waals surface area contributed by atoms with Crippen LogP contribution < -0.4 is 10.1 Å². The minimum absolute atomic E-state index is 0.0698. The Hall–Kier alpha value is -2.32. The highest BCUT2D eigenvalue weighted by atomic mass is 35.5. The van der Waals surface area contributed by atoms with Crippen molar-refractivity contribution in [3.63, 3.8) is 0 Å². The number of anilines is 1. The molecule has 0 spiro atoms. The number of benzene rings is 2. The molecule has 1 heterocycles. The van der Waals surface area contributed by atoms with Crippen LogP contribution in [0.3, 0.4) is 0 Å². The summed E-state index contributed by atoms with van der Waals surface area (Å²) in [6.07, 6.45) is 0. The second-order valence-electron chi connectivity index (χ2n) is 5.22. The molecule has 0 radical (unpaired) electrons. The fourth-order valence-electron chi connectivity index (χ4n) is 2.38. The van der Waals surface area contributed by atoms with Crippen LogP contribution in [0.5, 0.6) is 5.75 Å². The molecule has 0 bridgehead atoms. The molecule has 1 aromatic heterocycles. The molecule has 0 aliphatic rings. The van der Waals surface area contributed by atoms with Crippen LogP contribution in [0.1, 0.15) is 6.55 Å². The predicted octanol–water partition coefficient (Wildman–Crippen LogP) is 4.82. The summed E-state index contributed by atoms with van der Waals surface area (Å²) in [5.41, 5.74) is 1.27. The summed E-state index contributed by atoms with van der Waals surface area (Å²) in [4.78, 5) is 16.3. The molecule has 0 aliphatic carbocycles. The average Bonchev–Trinajstić information content (AvgIpc) is 2.98. The zero-order valence-electron chi connectivity index (χ0n) is 13.6. The Morgan fingerprint density at radius 2 is 2.12 bits per heavy atom. The Morgan fingerprint density at radius 3 is 2.81 bits per heavy atom. The lowest BCUT2D eigenvalue weighted by Crippen LogP contribution is -2.14. The van der Waals surface area contributed by atoms with E-state index in [0.29, 0.717) is 27.5 Å². The molecule has 136 valence electrons. The Labute approximate surface area is 157 Å². The predicted molar refractivity (Wildman–Crippen MR) is 98.3 cm³/mol. The number of rotatable bonds is 6. The van der Waals surface area contributed by atoms with Gasteiger partial charge in [-0.2, -0.15) is 8.78 Å². The van der Waals surface area contributed by atoms with Crippen molar-refractivity contribution in [1.82, 2.24) is 9.55 Å². The number of imidazole rings is 1. The van der Waals surface area contributed by atoms with Crippen molar-refractivity contribution in [2.24, 2.45) is 0 Å². The highest BCUT2D eigenvalue weighted by Crippen LogP contribution is 2.30. The number of methoxy groups -OCH3 is 1. The molecule has 26 heavy (non-hydrogen) atoms. The lowest BCUT2D eigenvalue weighted by atomic mass is 10.3. The van der Waals surface area contributed by atoms with Gasteiger partial charge in [0, 0.05) is 5.69 Å². The molecule has 0 saturated heterocycles. The van der Waals surface area contributed by atoms with E-state index in [4.69, 9.17) is 16.3 Å². The molecule has 3 aromatic rings. The first-order chi connectivity index (χ1) is 12.5. The van der Waals surface area contributed by atoms with Crippen LogP contribution in [0.2, 0.25) is 5.02 Å². The van der Waals surface area contributed by atoms with E-state index in [2.05, 4.69) is 10.3 Å². The maximum absolute atomic E-state index is 13.4. The molecule has 0 saturated carbocycles. The third-order valence-corrected chi connectivity index (χ3v) is 4.77. The molecule has 3 rings (SSSR count). The molecular formula is C17H14ClF2N3O2S. The Kier molecular flexibility index (Phi) is 5.63. The van der Waals surface area contributed by atoms with E-state index in [1.54, 1.807) is 42.5 Å². The molecule has 1 N–H and O–H groups in total. The molecule has 1 amide bonds. The SMILES string of the molecule is COc1ccc(NC(=O)CSc2nc3ccccc3n2C(F)F)cc1Cl. The van der Waals surface area contributed by atoms with Crippen LogP contribution >= 0.6 is 23.4 Å². The molecular weight excluding hydrogens is 384 g/mol. The number of alkyl halides is 2. The van der Waals surface area contributed by atoms with Gasteiger partial charge < -0.3 is 10.1 Å². The number of para-hydroxylation sites is 2. The summed E-state index contributed by atoms with van der Waals surface area (Å²) in [6.45, 7) is -2.74. The number of nitrogens with one attached hydrogen (secondary N) is 1. The normalized spacial score (nSPS) is 11.1. The number of carbonyl (C=O) groups is 1. The van der Waals surface area contributed by atoms with E-state index in [-0.39, 0.29) is 16.8 Å². The molecule has 0 atom stereocenters. The van der Waals surface area contributed by atoms with Gasteiger partial charge in [0.2, 0.25) is 5.91 Å². The first-order valence-electron chi connectivity index (χ1n) is 7.51. The summed E-state index contributed by atoms with van der Waals surface area (Å²) in [7, 11) is 1.49. The van der Waals surface area contributed by atoms with Crippen LogP contribution in [-0.4, -0.2) is 28.3 Å². The summed E-state index contributed by atoms with van der Waals surface area (Å²) in [5, 5.41) is 3.11. The second kappa shape index (κ2) is 7.92. The van der Waals surface area contributed by atoms with E-state index in [9.17, 15) is 13.6 Å². The van der Waals surface area contributed by atoms with E-state index >= 15 is 0 Å². The lowest BCUT2D eigenvalue weighted by Gasteiger charge is -2.09. The summed E-state index contributed by atoms with van der Waals surface area (Å²) in [5.74, 6) is 0.0634. The third kappa shape index (κ3) is 3.91. The topological polar surface area (TPSA) is 56.1 Å². The van der Waals surface area contributed by atoms with Gasteiger partial charge in [-0.15, -0.1) is 0 Å². The molecule has 0 unspecified atom stereocenters. The number of fused-ring (bicyclic) bond motifs is 1. The monoisotopic (exact) mass is 397 g/mol. The summed E-state index contributed by atoms with van der Waals surface area (Å²) in [6, 6.07) is 11.4. The smallest absolute Gasteiger partial charge is 0.321 e. The van der Waals surface area contributed by atoms with Gasteiger partial charge in [0.15, 0.2) is 5.16 Å².